The largest absolute Gasteiger partial charge is 0.308 e. The Labute approximate surface area is 130 Å². The van der Waals surface area contributed by atoms with E-state index in [1.165, 1.54) is 12.1 Å². The fraction of sp³-hybridized carbons (Fsp3) is 0.333. The van der Waals surface area contributed by atoms with Crippen LogP contribution in [0.25, 0.3) is 6.08 Å². The van der Waals surface area contributed by atoms with Crippen LogP contribution in [-0.2, 0) is 4.79 Å². The average Bonchev–Trinajstić information content (AvgIpc) is 2.77. The molecule has 0 spiro atoms. The lowest BCUT2D eigenvalue weighted by Crippen LogP contribution is -2.47. The van der Waals surface area contributed by atoms with Gasteiger partial charge in [-0.3, -0.25) is 9.59 Å². The van der Waals surface area contributed by atoms with E-state index in [1.54, 1.807) is 5.01 Å². The maximum atomic E-state index is 13.7. The number of hydrogen-bond donors (Lipinski definition) is 0. The summed E-state index contributed by atoms with van der Waals surface area (Å²) in [6.45, 7) is 1.33. The van der Waals surface area contributed by atoms with E-state index in [9.17, 15) is 18.4 Å². The first-order valence-corrected chi connectivity index (χ1v) is 7.86. The van der Waals surface area contributed by atoms with Gasteiger partial charge in [-0.05, 0) is 42.8 Å². The number of halogens is 2. The standard InChI is InChI=1S/C15H14F2N2O2S/c16-11-5-4-10(12(17)9-11)8-13-14(20)19(15(21)22-13)18-6-2-1-3-7-18/h4-5,8-9H,1-3,6-7H2/b13-8+. The zero-order valence-corrected chi connectivity index (χ0v) is 12.5. The van der Waals surface area contributed by atoms with E-state index in [1.807, 2.05) is 0 Å². The van der Waals surface area contributed by atoms with Crippen molar-refractivity contribution in [3.05, 3.63) is 40.3 Å². The molecule has 22 heavy (non-hydrogen) atoms. The molecule has 0 N–H and O–H groups in total. The van der Waals surface area contributed by atoms with E-state index in [4.69, 9.17) is 0 Å². The molecule has 0 bridgehead atoms. The third-order valence-electron chi connectivity index (χ3n) is 3.64. The number of carbonyl (C=O) groups excluding carboxylic acids is 2. The smallest absolute Gasteiger partial charge is 0.266 e. The average molecular weight is 324 g/mol. The SMILES string of the molecule is O=C1S/C(=C/c2ccc(F)cc2F)C(=O)N1N1CCCCC1. The van der Waals surface area contributed by atoms with Crippen molar-refractivity contribution in [2.45, 2.75) is 19.3 Å². The normalized spacial score (nSPS) is 21.9. The molecule has 2 amide bonds. The van der Waals surface area contributed by atoms with Crippen molar-refractivity contribution in [2.24, 2.45) is 0 Å². The number of benzene rings is 1. The number of amides is 2. The van der Waals surface area contributed by atoms with Gasteiger partial charge in [-0.15, -0.1) is 0 Å². The summed E-state index contributed by atoms with van der Waals surface area (Å²) >= 11 is 0.780. The predicted molar refractivity (Wildman–Crippen MR) is 79.6 cm³/mol. The number of hydrazine groups is 1. The molecule has 0 aromatic heterocycles. The minimum atomic E-state index is -0.759. The van der Waals surface area contributed by atoms with Crippen LogP contribution in [0.1, 0.15) is 24.8 Å². The van der Waals surface area contributed by atoms with Crippen molar-refractivity contribution in [3.63, 3.8) is 0 Å². The lowest BCUT2D eigenvalue weighted by atomic mass is 10.1. The van der Waals surface area contributed by atoms with E-state index in [0.29, 0.717) is 13.1 Å². The van der Waals surface area contributed by atoms with Gasteiger partial charge in [0, 0.05) is 24.7 Å². The summed E-state index contributed by atoms with van der Waals surface area (Å²) in [5, 5.41) is 2.50. The molecule has 2 fully saturated rings. The summed E-state index contributed by atoms with van der Waals surface area (Å²) < 4.78 is 26.6. The number of rotatable bonds is 2. The van der Waals surface area contributed by atoms with Crippen LogP contribution in [0, 0.1) is 11.6 Å². The molecular formula is C15H14F2N2O2S. The van der Waals surface area contributed by atoms with Crippen molar-refractivity contribution in [2.75, 3.05) is 13.1 Å². The summed E-state index contributed by atoms with van der Waals surface area (Å²) in [7, 11) is 0. The van der Waals surface area contributed by atoms with E-state index < -0.39 is 17.5 Å². The number of thioether (sulfide) groups is 1. The molecule has 116 valence electrons. The summed E-state index contributed by atoms with van der Waals surface area (Å²) in [6, 6.07) is 3.12. The summed E-state index contributed by atoms with van der Waals surface area (Å²) in [5.41, 5.74) is 0.0885. The first-order chi connectivity index (χ1) is 10.6. The quantitative estimate of drug-likeness (QED) is 0.782. The highest BCUT2D eigenvalue weighted by Gasteiger charge is 2.39. The Morgan fingerprint density at radius 1 is 1.09 bits per heavy atom. The van der Waals surface area contributed by atoms with Gasteiger partial charge >= 0.3 is 5.24 Å². The second-order valence-corrected chi connectivity index (χ2v) is 6.17. The molecule has 0 aliphatic carbocycles. The van der Waals surface area contributed by atoms with Gasteiger partial charge in [0.2, 0.25) is 0 Å². The third-order valence-corrected chi connectivity index (χ3v) is 4.50. The molecule has 0 atom stereocenters. The van der Waals surface area contributed by atoms with Gasteiger partial charge in [-0.25, -0.2) is 13.8 Å². The molecule has 2 heterocycles. The van der Waals surface area contributed by atoms with Crippen molar-refractivity contribution < 1.29 is 18.4 Å². The Morgan fingerprint density at radius 2 is 1.82 bits per heavy atom. The zero-order chi connectivity index (χ0) is 15.7. The van der Waals surface area contributed by atoms with Gasteiger partial charge in [0.05, 0.1) is 4.91 Å². The molecule has 3 rings (SSSR count). The van der Waals surface area contributed by atoms with Gasteiger partial charge in [-0.2, -0.15) is 5.01 Å². The van der Waals surface area contributed by atoms with Crippen molar-refractivity contribution in [1.82, 2.24) is 10.0 Å². The molecule has 2 aliphatic heterocycles. The second kappa shape index (κ2) is 6.18. The molecule has 7 heteroatoms. The maximum Gasteiger partial charge on any atom is 0.308 e. The molecule has 1 aromatic carbocycles. The van der Waals surface area contributed by atoms with Crippen molar-refractivity contribution in [1.29, 1.82) is 0 Å². The second-order valence-electron chi connectivity index (χ2n) is 5.17. The van der Waals surface area contributed by atoms with Crippen LogP contribution in [0.5, 0.6) is 0 Å². The van der Waals surface area contributed by atoms with Crippen LogP contribution >= 0.6 is 11.8 Å². The lowest BCUT2D eigenvalue weighted by molar-refractivity contribution is -0.135. The fourth-order valence-electron chi connectivity index (χ4n) is 2.54. The van der Waals surface area contributed by atoms with Crippen LogP contribution in [0.3, 0.4) is 0 Å². The highest BCUT2D eigenvalue weighted by molar-refractivity contribution is 8.18. The summed E-state index contributed by atoms with van der Waals surface area (Å²) in [4.78, 5) is 24.6. The van der Waals surface area contributed by atoms with Crippen LogP contribution < -0.4 is 0 Å². The first kappa shape index (κ1) is 15.2. The molecule has 0 radical (unpaired) electrons. The van der Waals surface area contributed by atoms with Crippen LogP contribution in [-0.4, -0.2) is 34.3 Å². The number of hydrogen-bond acceptors (Lipinski definition) is 4. The molecule has 0 unspecified atom stereocenters. The number of imide groups is 1. The van der Waals surface area contributed by atoms with Crippen molar-refractivity contribution >= 4 is 29.0 Å². The maximum absolute atomic E-state index is 13.7. The lowest BCUT2D eigenvalue weighted by Gasteiger charge is -2.32. The van der Waals surface area contributed by atoms with E-state index in [-0.39, 0.29) is 15.7 Å². The third kappa shape index (κ3) is 2.91. The number of carbonyl (C=O) groups is 2. The highest BCUT2D eigenvalue weighted by Crippen LogP contribution is 2.34. The van der Waals surface area contributed by atoms with Gasteiger partial charge in [-0.1, -0.05) is 6.42 Å². The summed E-state index contributed by atoms with van der Waals surface area (Å²) in [5.74, 6) is -1.89. The van der Waals surface area contributed by atoms with Gasteiger partial charge < -0.3 is 0 Å². The predicted octanol–water partition coefficient (Wildman–Crippen LogP) is 3.40. The summed E-state index contributed by atoms with van der Waals surface area (Å²) in [6.07, 6.45) is 4.26. The van der Waals surface area contributed by atoms with Crippen molar-refractivity contribution in [3.8, 4) is 0 Å². The van der Waals surface area contributed by atoms with Crippen LogP contribution in [0.4, 0.5) is 13.6 Å². The van der Waals surface area contributed by atoms with Gasteiger partial charge in [0.1, 0.15) is 11.6 Å². The van der Waals surface area contributed by atoms with Gasteiger partial charge in [0.15, 0.2) is 0 Å². The molecule has 1 aromatic rings. The Hall–Kier alpha value is -1.73. The monoisotopic (exact) mass is 324 g/mol. The highest BCUT2D eigenvalue weighted by atomic mass is 32.2. The molecule has 4 nitrogen and oxygen atoms in total. The molecule has 2 saturated heterocycles. The Morgan fingerprint density at radius 3 is 2.50 bits per heavy atom. The minimum Gasteiger partial charge on any atom is -0.266 e. The fourth-order valence-corrected chi connectivity index (χ4v) is 3.37. The minimum absolute atomic E-state index is 0.0885. The Balaban J connectivity index is 1.85. The molecule has 2 aliphatic rings. The van der Waals surface area contributed by atoms with E-state index >= 15 is 0 Å². The van der Waals surface area contributed by atoms with Crippen LogP contribution in [0.2, 0.25) is 0 Å². The Bertz CT molecular complexity index is 657. The van der Waals surface area contributed by atoms with Crippen LogP contribution in [0.15, 0.2) is 23.1 Å². The molecular weight excluding hydrogens is 310 g/mol. The van der Waals surface area contributed by atoms with E-state index in [0.717, 1.165) is 48.2 Å². The zero-order valence-electron chi connectivity index (χ0n) is 11.7. The van der Waals surface area contributed by atoms with E-state index in [2.05, 4.69) is 0 Å². The Kier molecular flexibility index (Phi) is 4.26. The number of nitrogens with zero attached hydrogens (tertiary/aromatic N) is 2. The first-order valence-electron chi connectivity index (χ1n) is 7.04. The molecule has 0 saturated carbocycles. The number of piperidine rings is 1. The van der Waals surface area contributed by atoms with Gasteiger partial charge in [0.25, 0.3) is 5.91 Å². The topological polar surface area (TPSA) is 40.6 Å².